The van der Waals surface area contributed by atoms with Crippen LogP contribution in [-0.2, 0) is 38.1 Å². The molecule has 0 radical (unpaired) electrons. The van der Waals surface area contributed by atoms with Gasteiger partial charge >= 0.3 is 11.9 Å². The topological polar surface area (TPSA) is 336 Å². The number of ether oxygens (including phenoxy) is 4. The van der Waals surface area contributed by atoms with Crippen LogP contribution in [0.25, 0.3) is 0 Å². The van der Waals surface area contributed by atoms with Crippen LogP contribution in [0.2, 0.25) is 0 Å². The Hall–Kier alpha value is -5.29. The molecule has 0 aromatic heterocycles. The van der Waals surface area contributed by atoms with Gasteiger partial charge in [0.1, 0.15) is 36.1 Å². The fourth-order valence-corrected chi connectivity index (χ4v) is 9.69. The van der Waals surface area contributed by atoms with E-state index >= 15 is 0 Å². The Balaban J connectivity index is 1.51. The van der Waals surface area contributed by atoms with Crippen LogP contribution < -0.4 is 11.5 Å². The molecule has 0 aliphatic carbocycles. The molecule has 19 nitrogen and oxygen atoms in total. The first-order valence-electron chi connectivity index (χ1n) is 26.6. The summed E-state index contributed by atoms with van der Waals surface area (Å²) >= 11 is 0. The van der Waals surface area contributed by atoms with Crippen LogP contribution in [0.3, 0.4) is 0 Å². The summed E-state index contributed by atoms with van der Waals surface area (Å²) in [6.45, 7) is 5.33. The van der Waals surface area contributed by atoms with Crippen LogP contribution in [0, 0.1) is 23.7 Å². The first-order chi connectivity index (χ1) is 36.5. The Morgan fingerprint density at radius 2 is 1.38 bits per heavy atom. The highest BCUT2D eigenvalue weighted by molar-refractivity contribution is 5.97. The van der Waals surface area contributed by atoms with E-state index in [9.17, 15) is 64.8 Å². The van der Waals surface area contributed by atoms with Crippen LogP contribution >= 0.6 is 0 Å². The average molecular weight is 1080 g/mol. The number of Topliss-reactive ketones (excluding diaryl/α,β-unsaturated/α-hetero) is 3. The standard InChI is InChI=1S/C58H82N2O17/c1-36-18-14-12-10-8-6-4-5-7-9-11-13-15-23-45(75-57-54(70)53(60)49(68)35-74-57)31-50-52(56(71)72)48(67)34-58(73,77-50)33-44(64)22-17-20-42(62)29-41(61)19-16-21-43(63)30-51(69)76-55(36)38(3)28-37(2)46(65)32-47(66)39-24-26-40(59)27-25-39/h4-15,18,23-27,36-38,42,44-46,48-50,52-55,57,62,64-65,67-68,70,73H,16-17,19-22,28-35,59-60H2,1-3H3,(H,71,72)/b5-4+,8-6+,9-7+,12-10+,13-11+,18-14+,23-15+/t36?,37?,38?,42?,44?,45?,46?,48?,49?,50?,52?,53-,54-,55?,57?,58?/m0/s1. The van der Waals surface area contributed by atoms with Gasteiger partial charge in [-0.3, -0.25) is 24.0 Å². The summed E-state index contributed by atoms with van der Waals surface area (Å²) in [5.74, 6) is -7.86. The molecular weight excluding hydrogens is 997 g/mol. The lowest BCUT2D eigenvalue weighted by molar-refractivity contribution is -0.305. The zero-order chi connectivity index (χ0) is 56.7. The molecule has 4 rings (SSSR count). The molecule has 16 atom stereocenters. The largest absolute Gasteiger partial charge is 0.481 e. The number of allylic oxidation sites excluding steroid dienone is 12. The number of benzene rings is 1. The van der Waals surface area contributed by atoms with Crippen molar-refractivity contribution >= 4 is 35.0 Å². The summed E-state index contributed by atoms with van der Waals surface area (Å²) < 4.78 is 23.5. The first-order valence-corrected chi connectivity index (χ1v) is 26.6. The van der Waals surface area contributed by atoms with Gasteiger partial charge in [0.05, 0.1) is 55.4 Å². The number of carbonyl (C=O) groups is 5. The highest BCUT2D eigenvalue weighted by Gasteiger charge is 2.50. The highest BCUT2D eigenvalue weighted by atomic mass is 16.7. The number of aliphatic hydroxyl groups excluding tert-OH is 6. The zero-order valence-electron chi connectivity index (χ0n) is 44.4. The lowest BCUT2D eigenvalue weighted by atomic mass is 9.83. The number of hydrogen-bond donors (Lipinski definition) is 10. The molecule has 426 valence electrons. The minimum atomic E-state index is -2.19. The van der Waals surface area contributed by atoms with E-state index in [1.54, 1.807) is 97.2 Å². The highest BCUT2D eigenvalue weighted by Crippen LogP contribution is 2.38. The number of rotatable bonds is 10. The number of hydrogen-bond acceptors (Lipinski definition) is 18. The number of anilines is 1. The third-order valence-electron chi connectivity index (χ3n) is 14.0. The van der Waals surface area contributed by atoms with Crippen molar-refractivity contribution in [1.29, 1.82) is 0 Å². The monoisotopic (exact) mass is 1080 g/mol. The normalized spacial score (nSPS) is 35.6. The molecule has 12 N–H and O–H groups in total. The molecule has 19 heteroatoms. The van der Waals surface area contributed by atoms with Gasteiger partial charge in [0.15, 0.2) is 17.9 Å². The van der Waals surface area contributed by atoms with Crippen molar-refractivity contribution in [2.75, 3.05) is 12.3 Å². The summed E-state index contributed by atoms with van der Waals surface area (Å²) in [7, 11) is 0. The number of aliphatic carboxylic acids is 1. The van der Waals surface area contributed by atoms with Crippen LogP contribution in [0.15, 0.2) is 109 Å². The van der Waals surface area contributed by atoms with Crippen molar-refractivity contribution in [3.63, 3.8) is 0 Å². The second-order valence-electron chi connectivity index (χ2n) is 20.8. The smallest absolute Gasteiger partial charge is 0.313 e. The van der Waals surface area contributed by atoms with E-state index < -0.39 is 116 Å². The fraction of sp³-hybridized carbons (Fsp3) is 0.569. The van der Waals surface area contributed by atoms with Crippen LogP contribution in [0.1, 0.15) is 115 Å². The number of nitrogen functional groups attached to an aromatic ring is 1. The molecule has 77 heavy (non-hydrogen) atoms. The minimum absolute atomic E-state index is 0.0342. The maximum atomic E-state index is 13.3. The van der Waals surface area contributed by atoms with Crippen LogP contribution in [0.5, 0.6) is 0 Å². The molecule has 2 fully saturated rings. The molecule has 0 saturated carbocycles. The van der Waals surface area contributed by atoms with E-state index in [1.165, 1.54) is 6.08 Å². The van der Waals surface area contributed by atoms with Gasteiger partial charge in [-0.1, -0.05) is 106 Å². The van der Waals surface area contributed by atoms with Crippen LogP contribution in [-0.4, -0.2) is 150 Å². The predicted molar refractivity (Wildman–Crippen MR) is 286 cm³/mol. The number of carbonyl (C=O) groups excluding carboxylic acids is 4. The maximum Gasteiger partial charge on any atom is 0.313 e. The SMILES string of the molecule is CC1/C=C/C=C/C=C/C=C/C=C/C=C/C=C/C(OC2OCC(O)[C@H](N)[C@@H]2O)CC2OC(O)(CC(O)CCCC(O)CC(=O)CCCC(=O)CC(=O)OC1C(C)CC(C)C(O)CC(=O)c1ccc(N)cc1)CC(O)C2C(=O)O. The van der Waals surface area contributed by atoms with Crippen molar-refractivity contribution in [2.24, 2.45) is 29.4 Å². The third kappa shape index (κ3) is 22.5. The Morgan fingerprint density at radius 1 is 0.792 bits per heavy atom. The van der Waals surface area contributed by atoms with Gasteiger partial charge in [-0.15, -0.1) is 0 Å². The van der Waals surface area contributed by atoms with Crippen molar-refractivity contribution in [2.45, 2.75) is 177 Å². The number of ketones is 3. The Morgan fingerprint density at radius 3 is 2.00 bits per heavy atom. The van der Waals surface area contributed by atoms with E-state index in [2.05, 4.69) is 0 Å². The van der Waals surface area contributed by atoms with Gasteiger partial charge in [0, 0.05) is 62.1 Å². The average Bonchev–Trinajstić information content (AvgIpc) is 3.35. The molecule has 1 aromatic rings. The third-order valence-corrected chi connectivity index (χ3v) is 14.0. The summed E-state index contributed by atoms with van der Waals surface area (Å²) in [5, 5.41) is 86.4. The van der Waals surface area contributed by atoms with Gasteiger partial charge < -0.3 is 71.3 Å². The van der Waals surface area contributed by atoms with Gasteiger partial charge in [-0.25, -0.2) is 0 Å². The molecule has 14 unspecified atom stereocenters. The number of aliphatic hydroxyl groups is 7. The quantitative estimate of drug-likeness (QED) is 0.0671. The van der Waals surface area contributed by atoms with E-state index in [4.69, 9.17) is 30.4 Å². The fourth-order valence-electron chi connectivity index (χ4n) is 9.69. The molecule has 3 aliphatic rings. The Bertz CT molecular complexity index is 2260. The van der Waals surface area contributed by atoms with Crippen molar-refractivity contribution in [3.05, 3.63) is 115 Å². The van der Waals surface area contributed by atoms with Crippen molar-refractivity contribution < 1.29 is 83.8 Å². The molecule has 0 spiro atoms. The lowest BCUT2D eigenvalue weighted by Crippen LogP contribution is -2.59. The molecule has 0 amide bonds. The number of fused-ring (bicyclic) bond motifs is 2. The first kappa shape index (κ1) is 64.2. The number of carboxylic acid groups (broad SMARTS) is 1. The van der Waals surface area contributed by atoms with E-state index in [0.717, 1.165) is 0 Å². The summed E-state index contributed by atoms with van der Waals surface area (Å²) in [4.78, 5) is 64.5. The maximum absolute atomic E-state index is 13.3. The summed E-state index contributed by atoms with van der Waals surface area (Å²) in [5.41, 5.74) is 12.7. The summed E-state index contributed by atoms with van der Waals surface area (Å²) in [6.07, 6.45) is 11.0. The van der Waals surface area contributed by atoms with E-state index in [1.807, 2.05) is 26.8 Å². The molecule has 3 heterocycles. The van der Waals surface area contributed by atoms with Gasteiger partial charge in [-0.05, 0) is 68.2 Å². The van der Waals surface area contributed by atoms with Crippen molar-refractivity contribution in [3.8, 4) is 0 Å². The molecule has 3 aliphatic heterocycles. The van der Waals surface area contributed by atoms with E-state index in [0.29, 0.717) is 17.7 Å². The van der Waals surface area contributed by atoms with Crippen LogP contribution in [0.4, 0.5) is 5.69 Å². The molecule has 2 saturated heterocycles. The minimum Gasteiger partial charge on any atom is -0.481 e. The second kappa shape index (κ2) is 32.6. The number of esters is 1. The number of nitrogens with two attached hydrogens (primary N) is 2. The second-order valence-corrected chi connectivity index (χ2v) is 20.8. The summed E-state index contributed by atoms with van der Waals surface area (Å²) in [6, 6.07) is 5.35. The lowest BCUT2D eigenvalue weighted by Gasteiger charge is -2.45. The van der Waals surface area contributed by atoms with Gasteiger partial charge in [0.25, 0.3) is 0 Å². The van der Waals surface area contributed by atoms with E-state index in [-0.39, 0.29) is 93.7 Å². The molecular formula is C58H82N2O17. The molecule has 2 bridgehead atoms. The van der Waals surface area contributed by atoms with Crippen molar-refractivity contribution in [1.82, 2.24) is 0 Å². The zero-order valence-corrected chi connectivity index (χ0v) is 44.4. The van der Waals surface area contributed by atoms with Gasteiger partial charge in [0.2, 0.25) is 0 Å². The number of cyclic esters (lactones) is 1. The number of carboxylic acids is 1. The Labute approximate surface area is 451 Å². The Kier molecular flexibility index (Phi) is 27.2. The predicted octanol–water partition coefficient (Wildman–Crippen LogP) is 4.41. The molecule has 1 aromatic carbocycles. The van der Waals surface area contributed by atoms with Gasteiger partial charge in [-0.2, -0.15) is 0 Å².